The summed E-state index contributed by atoms with van der Waals surface area (Å²) in [6.07, 6.45) is 8.77. The molecule has 0 aromatic heterocycles. The first-order valence-corrected chi connectivity index (χ1v) is 10.6. The van der Waals surface area contributed by atoms with Crippen molar-refractivity contribution in [3.63, 3.8) is 0 Å². The maximum Gasteiger partial charge on any atom is 0.128 e. The molecule has 2 nitrogen and oxygen atoms in total. The van der Waals surface area contributed by atoms with Crippen LogP contribution in [0.4, 0.5) is 4.39 Å². The molecule has 2 aromatic carbocycles. The largest absolute Gasteiger partial charge is 0.493 e. The van der Waals surface area contributed by atoms with Crippen LogP contribution in [0.1, 0.15) is 61.3 Å². The highest BCUT2D eigenvalue weighted by Crippen LogP contribution is 2.43. The Morgan fingerprint density at radius 2 is 1.85 bits per heavy atom. The third-order valence-corrected chi connectivity index (χ3v) is 6.85. The van der Waals surface area contributed by atoms with Gasteiger partial charge in [-0.3, -0.25) is 4.90 Å². The molecular weight excluding hydrogens is 337 g/mol. The summed E-state index contributed by atoms with van der Waals surface area (Å²) in [7, 11) is 0. The first kappa shape index (κ1) is 17.2. The summed E-state index contributed by atoms with van der Waals surface area (Å²) in [6.45, 7) is 1.82. The average Bonchev–Trinajstić information content (AvgIpc) is 3.18. The smallest absolute Gasteiger partial charge is 0.128 e. The van der Waals surface area contributed by atoms with Crippen molar-refractivity contribution in [1.82, 2.24) is 4.90 Å². The molecule has 0 spiro atoms. The van der Waals surface area contributed by atoms with Crippen molar-refractivity contribution in [2.75, 3.05) is 13.2 Å². The summed E-state index contributed by atoms with van der Waals surface area (Å²) in [6, 6.07) is 14.5. The minimum Gasteiger partial charge on any atom is -0.493 e. The monoisotopic (exact) mass is 365 g/mol. The van der Waals surface area contributed by atoms with Gasteiger partial charge in [0.1, 0.15) is 11.6 Å². The number of fused-ring (bicyclic) bond motifs is 2. The number of benzene rings is 2. The van der Waals surface area contributed by atoms with Gasteiger partial charge in [-0.25, -0.2) is 4.39 Å². The van der Waals surface area contributed by atoms with E-state index in [9.17, 15) is 4.39 Å². The van der Waals surface area contributed by atoms with Gasteiger partial charge in [-0.05, 0) is 61.4 Å². The van der Waals surface area contributed by atoms with Crippen molar-refractivity contribution in [1.29, 1.82) is 0 Å². The maximum absolute atomic E-state index is 14.9. The molecule has 3 heteroatoms. The summed E-state index contributed by atoms with van der Waals surface area (Å²) in [4.78, 5) is 2.63. The minimum atomic E-state index is -0.0859. The molecule has 142 valence electrons. The van der Waals surface area contributed by atoms with E-state index >= 15 is 0 Å². The lowest BCUT2D eigenvalue weighted by Gasteiger charge is -2.48. The number of hydrogen-bond donors (Lipinski definition) is 0. The lowest BCUT2D eigenvalue weighted by molar-refractivity contribution is 0.0364. The SMILES string of the molecule is Fc1ccccc1[C@H](c1ccc2c(c1)CCO2)N1CCC[C@H]2CCCC[C@@H]21. The molecule has 2 aromatic rings. The molecule has 3 atom stereocenters. The van der Waals surface area contributed by atoms with E-state index in [1.165, 1.54) is 49.7 Å². The predicted molar refractivity (Wildman–Crippen MR) is 106 cm³/mol. The Kier molecular flexibility index (Phi) is 4.65. The summed E-state index contributed by atoms with van der Waals surface area (Å²) in [5.41, 5.74) is 3.31. The Labute approximate surface area is 161 Å². The van der Waals surface area contributed by atoms with Crippen LogP contribution < -0.4 is 4.74 Å². The fraction of sp³-hybridized carbons (Fsp3) is 0.500. The molecule has 2 fully saturated rings. The van der Waals surface area contributed by atoms with Crippen LogP contribution in [-0.2, 0) is 6.42 Å². The van der Waals surface area contributed by atoms with Gasteiger partial charge in [-0.2, -0.15) is 0 Å². The van der Waals surface area contributed by atoms with Crippen LogP contribution >= 0.6 is 0 Å². The van der Waals surface area contributed by atoms with Crippen molar-refractivity contribution in [2.24, 2.45) is 5.92 Å². The van der Waals surface area contributed by atoms with E-state index in [4.69, 9.17) is 4.74 Å². The molecule has 5 rings (SSSR count). The molecule has 1 saturated heterocycles. The number of ether oxygens (including phenoxy) is 1. The normalized spacial score (nSPS) is 26.1. The van der Waals surface area contributed by atoms with Gasteiger partial charge in [0, 0.05) is 18.0 Å². The number of piperidine rings is 1. The standard InChI is InChI=1S/C24H28FNO/c25-21-9-3-2-8-20(21)24(19-11-12-23-18(16-19)13-15-27-23)26-14-5-7-17-6-1-4-10-22(17)26/h2-3,8-9,11-12,16-17,22,24H,1,4-7,10,13-15H2/t17-,22+,24+/m1/s1. The number of hydrogen-bond acceptors (Lipinski definition) is 2. The molecule has 0 N–H and O–H groups in total. The van der Waals surface area contributed by atoms with Gasteiger partial charge in [0.2, 0.25) is 0 Å². The van der Waals surface area contributed by atoms with E-state index in [1.54, 1.807) is 12.1 Å². The molecule has 0 unspecified atom stereocenters. The molecule has 0 amide bonds. The summed E-state index contributed by atoms with van der Waals surface area (Å²) in [5.74, 6) is 1.69. The second kappa shape index (κ2) is 7.27. The quantitative estimate of drug-likeness (QED) is 0.712. The minimum absolute atomic E-state index is 0.00278. The number of likely N-dealkylation sites (tertiary alicyclic amines) is 1. The highest BCUT2D eigenvalue weighted by molar-refractivity contribution is 5.43. The first-order valence-electron chi connectivity index (χ1n) is 10.6. The zero-order valence-electron chi connectivity index (χ0n) is 15.9. The van der Waals surface area contributed by atoms with Gasteiger partial charge in [0.05, 0.1) is 12.6 Å². The maximum atomic E-state index is 14.9. The lowest BCUT2D eigenvalue weighted by atomic mass is 9.76. The van der Waals surface area contributed by atoms with Crippen molar-refractivity contribution in [2.45, 2.75) is 57.0 Å². The topological polar surface area (TPSA) is 12.5 Å². The number of rotatable bonds is 3. The van der Waals surface area contributed by atoms with Crippen molar-refractivity contribution >= 4 is 0 Å². The molecule has 1 saturated carbocycles. The fourth-order valence-electron chi connectivity index (χ4n) is 5.61. The van der Waals surface area contributed by atoms with Crippen molar-refractivity contribution in [3.8, 4) is 5.75 Å². The van der Waals surface area contributed by atoms with Gasteiger partial charge >= 0.3 is 0 Å². The van der Waals surface area contributed by atoms with Crippen LogP contribution in [0.25, 0.3) is 0 Å². The zero-order valence-corrected chi connectivity index (χ0v) is 15.9. The van der Waals surface area contributed by atoms with E-state index in [0.29, 0.717) is 6.04 Å². The van der Waals surface area contributed by atoms with Crippen LogP contribution in [0.3, 0.4) is 0 Å². The van der Waals surface area contributed by atoms with E-state index in [-0.39, 0.29) is 11.9 Å². The third-order valence-electron chi connectivity index (χ3n) is 6.85. The molecule has 2 heterocycles. The van der Waals surface area contributed by atoms with Gasteiger partial charge in [-0.1, -0.05) is 43.2 Å². The van der Waals surface area contributed by atoms with E-state index in [1.807, 2.05) is 12.1 Å². The van der Waals surface area contributed by atoms with E-state index in [2.05, 4.69) is 23.1 Å². The molecule has 1 aliphatic carbocycles. The molecule has 0 radical (unpaired) electrons. The highest BCUT2D eigenvalue weighted by atomic mass is 19.1. The first-order chi connectivity index (χ1) is 13.3. The van der Waals surface area contributed by atoms with Gasteiger partial charge in [0.25, 0.3) is 0 Å². The summed E-state index contributed by atoms with van der Waals surface area (Å²) < 4.78 is 20.6. The Morgan fingerprint density at radius 3 is 2.78 bits per heavy atom. The zero-order chi connectivity index (χ0) is 18.2. The summed E-state index contributed by atoms with van der Waals surface area (Å²) >= 11 is 0. The van der Waals surface area contributed by atoms with Crippen molar-refractivity contribution in [3.05, 3.63) is 65.0 Å². The van der Waals surface area contributed by atoms with Gasteiger partial charge < -0.3 is 4.74 Å². The Hall–Kier alpha value is -1.87. The summed E-state index contributed by atoms with van der Waals surface area (Å²) in [5, 5.41) is 0. The molecule has 0 bridgehead atoms. The average molecular weight is 365 g/mol. The molecule has 2 aliphatic heterocycles. The lowest BCUT2D eigenvalue weighted by Crippen LogP contribution is -2.48. The van der Waals surface area contributed by atoms with Gasteiger partial charge in [0.15, 0.2) is 0 Å². The second-order valence-electron chi connectivity index (χ2n) is 8.38. The van der Waals surface area contributed by atoms with Crippen LogP contribution in [0.15, 0.2) is 42.5 Å². The molecule has 27 heavy (non-hydrogen) atoms. The second-order valence-corrected chi connectivity index (χ2v) is 8.38. The fourth-order valence-corrected chi connectivity index (χ4v) is 5.61. The predicted octanol–water partition coefficient (Wildman–Crippen LogP) is 5.50. The number of halogens is 1. The third kappa shape index (κ3) is 3.16. The Balaban J connectivity index is 1.59. The Morgan fingerprint density at radius 1 is 1.00 bits per heavy atom. The number of nitrogens with zero attached hydrogens (tertiary/aromatic N) is 1. The van der Waals surface area contributed by atoms with Crippen LogP contribution in [0.2, 0.25) is 0 Å². The van der Waals surface area contributed by atoms with Crippen LogP contribution in [-0.4, -0.2) is 24.1 Å². The highest BCUT2D eigenvalue weighted by Gasteiger charge is 2.38. The van der Waals surface area contributed by atoms with Crippen LogP contribution in [0, 0.1) is 11.7 Å². The van der Waals surface area contributed by atoms with Gasteiger partial charge in [-0.15, -0.1) is 0 Å². The van der Waals surface area contributed by atoms with Crippen molar-refractivity contribution < 1.29 is 9.13 Å². The molecular formula is C24H28FNO. The molecule has 3 aliphatic rings. The van der Waals surface area contributed by atoms with Crippen LogP contribution in [0.5, 0.6) is 5.75 Å². The van der Waals surface area contributed by atoms with E-state index in [0.717, 1.165) is 36.8 Å². The van der Waals surface area contributed by atoms with E-state index < -0.39 is 0 Å². The Bertz CT molecular complexity index is 818.